The van der Waals surface area contributed by atoms with E-state index in [1.54, 1.807) is 24.5 Å². The number of ether oxygens (including phenoxy) is 1. The molecule has 0 radical (unpaired) electrons. The number of rotatable bonds is 8. The molecule has 1 rings (SSSR count). The zero-order valence-corrected chi connectivity index (χ0v) is 11.4. The van der Waals surface area contributed by atoms with Crippen molar-refractivity contribution >= 4 is 35.1 Å². The molecule has 0 aromatic carbocycles. The number of thioether (sulfide) groups is 1. The normalized spacial score (nSPS) is 11.1. The third-order valence-corrected chi connectivity index (χ3v) is 4.25. The van der Waals surface area contributed by atoms with Gasteiger partial charge in [0.1, 0.15) is 0 Å². The fraction of sp³-hybridized carbons (Fsp3) is 0.417. The van der Waals surface area contributed by atoms with Crippen LogP contribution in [0.4, 0.5) is 0 Å². The summed E-state index contributed by atoms with van der Waals surface area (Å²) < 4.78 is 4.98. The Balaban J connectivity index is 2.38. The van der Waals surface area contributed by atoms with E-state index in [1.165, 1.54) is 11.0 Å². The molecule has 3 nitrogen and oxygen atoms in total. The van der Waals surface area contributed by atoms with Crippen LogP contribution in [0.25, 0.3) is 6.08 Å². The van der Waals surface area contributed by atoms with E-state index in [4.69, 9.17) is 9.84 Å². The fourth-order valence-electron chi connectivity index (χ4n) is 1.25. The highest BCUT2D eigenvalue weighted by Gasteiger charge is 2.02. The lowest BCUT2D eigenvalue weighted by atomic mass is 10.2. The smallest absolute Gasteiger partial charge is 0.328 e. The van der Waals surface area contributed by atoms with Crippen LogP contribution in [0.1, 0.15) is 16.9 Å². The maximum atomic E-state index is 10.4. The molecular formula is C12H16O3S2. The molecule has 0 saturated heterocycles. The number of carbonyl (C=O) groups is 1. The van der Waals surface area contributed by atoms with E-state index in [9.17, 15) is 4.79 Å². The zero-order chi connectivity index (χ0) is 12.5. The maximum absolute atomic E-state index is 10.4. The van der Waals surface area contributed by atoms with Crippen molar-refractivity contribution in [1.29, 1.82) is 0 Å². The van der Waals surface area contributed by atoms with Crippen LogP contribution in [0.3, 0.4) is 0 Å². The first-order valence-electron chi connectivity index (χ1n) is 5.28. The van der Waals surface area contributed by atoms with Gasteiger partial charge in [-0.1, -0.05) is 0 Å². The highest BCUT2D eigenvalue weighted by molar-refractivity contribution is 7.98. The number of carboxylic acids is 1. The van der Waals surface area contributed by atoms with Crippen LogP contribution in [0.5, 0.6) is 0 Å². The second-order valence-electron chi connectivity index (χ2n) is 3.37. The molecule has 0 aliphatic carbocycles. The summed E-state index contributed by atoms with van der Waals surface area (Å²) in [5, 5.41) is 10.6. The zero-order valence-electron chi connectivity index (χ0n) is 9.72. The molecule has 5 heteroatoms. The molecule has 0 fully saturated rings. The van der Waals surface area contributed by atoms with E-state index < -0.39 is 5.97 Å². The monoisotopic (exact) mass is 272 g/mol. The minimum absolute atomic E-state index is 0.795. The molecule has 1 aromatic heterocycles. The first-order valence-corrected chi connectivity index (χ1v) is 7.31. The first kappa shape index (κ1) is 14.3. The largest absolute Gasteiger partial charge is 0.478 e. The molecule has 0 atom stereocenters. The van der Waals surface area contributed by atoms with E-state index >= 15 is 0 Å². The first-order chi connectivity index (χ1) is 8.24. The van der Waals surface area contributed by atoms with Crippen LogP contribution in [0.2, 0.25) is 0 Å². The van der Waals surface area contributed by atoms with Crippen LogP contribution in [0.15, 0.2) is 17.5 Å². The van der Waals surface area contributed by atoms with Gasteiger partial charge in [0.2, 0.25) is 0 Å². The summed E-state index contributed by atoms with van der Waals surface area (Å²) in [4.78, 5) is 11.7. The Hall–Kier alpha value is -0.780. The summed E-state index contributed by atoms with van der Waals surface area (Å²) in [6, 6.07) is 1.95. The van der Waals surface area contributed by atoms with Crippen molar-refractivity contribution in [2.24, 2.45) is 0 Å². The van der Waals surface area contributed by atoms with E-state index in [0.717, 1.165) is 30.1 Å². The van der Waals surface area contributed by atoms with Crippen LogP contribution < -0.4 is 0 Å². The van der Waals surface area contributed by atoms with Gasteiger partial charge < -0.3 is 9.84 Å². The molecular weight excluding hydrogens is 256 g/mol. The van der Waals surface area contributed by atoms with E-state index in [-0.39, 0.29) is 0 Å². The van der Waals surface area contributed by atoms with Gasteiger partial charge in [0, 0.05) is 30.4 Å². The molecule has 1 N–H and O–H groups in total. The molecule has 1 heterocycles. The van der Waals surface area contributed by atoms with E-state index in [1.807, 2.05) is 23.2 Å². The van der Waals surface area contributed by atoms with Gasteiger partial charge in [0.15, 0.2) is 0 Å². The second kappa shape index (κ2) is 8.33. The average molecular weight is 272 g/mol. The van der Waals surface area contributed by atoms with Crippen LogP contribution in [0, 0.1) is 0 Å². The number of thiophene rings is 1. The number of hydrogen-bond acceptors (Lipinski definition) is 4. The molecule has 0 aliphatic rings. The van der Waals surface area contributed by atoms with Crippen molar-refractivity contribution in [3.8, 4) is 0 Å². The van der Waals surface area contributed by atoms with Gasteiger partial charge in [-0.05, 0) is 35.3 Å². The molecule has 0 spiro atoms. The molecule has 0 amide bonds. The number of carboxylic acid groups (broad SMARTS) is 1. The Morgan fingerprint density at radius 1 is 1.65 bits per heavy atom. The Labute approximate surface area is 109 Å². The third kappa shape index (κ3) is 5.91. The van der Waals surface area contributed by atoms with Gasteiger partial charge in [0.05, 0.1) is 0 Å². The summed E-state index contributed by atoms with van der Waals surface area (Å²) in [7, 11) is 1.71. The van der Waals surface area contributed by atoms with Crippen molar-refractivity contribution < 1.29 is 14.6 Å². The third-order valence-electron chi connectivity index (χ3n) is 2.06. The molecule has 0 saturated carbocycles. The van der Waals surface area contributed by atoms with Crippen LogP contribution >= 0.6 is 23.1 Å². The molecule has 0 bridgehead atoms. The standard InChI is InChI=1S/C12H16O3S2/c1-15-6-2-7-16-9-11-10(5-8-17-11)3-4-12(13)14/h3-5,8H,2,6-7,9H2,1H3,(H,13,14). The summed E-state index contributed by atoms with van der Waals surface area (Å²) in [5.41, 5.74) is 1.01. The SMILES string of the molecule is COCCCSCc1sccc1C=CC(=O)O. The van der Waals surface area contributed by atoms with Crippen LogP contribution in [-0.4, -0.2) is 30.5 Å². The summed E-state index contributed by atoms with van der Waals surface area (Å²) >= 11 is 3.52. The van der Waals surface area contributed by atoms with Crippen molar-refractivity contribution in [2.75, 3.05) is 19.5 Å². The average Bonchev–Trinajstić information content (AvgIpc) is 2.73. The topological polar surface area (TPSA) is 46.5 Å². The Bertz CT molecular complexity index is 372. The lowest BCUT2D eigenvalue weighted by Gasteiger charge is -2.01. The van der Waals surface area contributed by atoms with Crippen molar-refractivity contribution in [1.82, 2.24) is 0 Å². The summed E-state index contributed by atoms with van der Waals surface area (Å²) in [6.07, 6.45) is 3.89. The second-order valence-corrected chi connectivity index (χ2v) is 5.48. The van der Waals surface area contributed by atoms with Gasteiger partial charge in [-0.3, -0.25) is 0 Å². The predicted molar refractivity (Wildman–Crippen MR) is 73.6 cm³/mol. The quantitative estimate of drug-likeness (QED) is 0.583. The number of aliphatic carboxylic acids is 1. The molecule has 1 aromatic rings. The Morgan fingerprint density at radius 2 is 2.47 bits per heavy atom. The van der Waals surface area contributed by atoms with Gasteiger partial charge in [-0.25, -0.2) is 4.79 Å². The summed E-state index contributed by atoms with van der Waals surface area (Å²) in [6.45, 7) is 0.795. The van der Waals surface area contributed by atoms with Crippen LogP contribution in [-0.2, 0) is 15.3 Å². The Morgan fingerprint density at radius 3 is 3.18 bits per heavy atom. The summed E-state index contributed by atoms with van der Waals surface area (Å²) in [5.74, 6) is 1.09. The highest BCUT2D eigenvalue weighted by atomic mass is 32.2. The van der Waals surface area contributed by atoms with Crippen molar-refractivity contribution in [2.45, 2.75) is 12.2 Å². The number of hydrogen-bond donors (Lipinski definition) is 1. The van der Waals surface area contributed by atoms with E-state index in [0.29, 0.717) is 0 Å². The van der Waals surface area contributed by atoms with E-state index in [2.05, 4.69) is 0 Å². The fourth-order valence-corrected chi connectivity index (χ4v) is 3.24. The lowest BCUT2D eigenvalue weighted by Crippen LogP contribution is -1.91. The maximum Gasteiger partial charge on any atom is 0.328 e. The molecule has 0 aliphatic heterocycles. The minimum atomic E-state index is -0.908. The molecule has 0 unspecified atom stereocenters. The Kier molecular flexibility index (Phi) is 7.00. The number of methoxy groups -OCH3 is 1. The highest BCUT2D eigenvalue weighted by Crippen LogP contribution is 2.24. The minimum Gasteiger partial charge on any atom is -0.478 e. The van der Waals surface area contributed by atoms with Crippen molar-refractivity contribution in [3.05, 3.63) is 28.0 Å². The lowest BCUT2D eigenvalue weighted by molar-refractivity contribution is -0.131. The molecule has 17 heavy (non-hydrogen) atoms. The predicted octanol–water partition coefficient (Wildman–Crippen LogP) is 3.12. The van der Waals surface area contributed by atoms with Crippen molar-refractivity contribution in [3.63, 3.8) is 0 Å². The van der Waals surface area contributed by atoms with Gasteiger partial charge in [-0.2, -0.15) is 11.8 Å². The molecule has 94 valence electrons. The van der Waals surface area contributed by atoms with Gasteiger partial charge in [0.25, 0.3) is 0 Å². The van der Waals surface area contributed by atoms with Gasteiger partial charge in [-0.15, -0.1) is 11.3 Å². The van der Waals surface area contributed by atoms with Gasteiger partial charge >= 0.3 is 5.97 Å².